The van der Waals surface area contributed by atoms with Crippen LogP contribution in [0.25, 0.3) is 6.08 Å². The van der Waals surface area contributed by atoms with E-state index in [0.717, 1.165) is 5.56 Å². The largest absolute Gasteiger partial charge is 0.481 e. The van der Waals surface area contributed by atoms with Gasteiger partial charge in [0.05, 0.1) is 10.6 Å². The fourth-order valence-electron chi connectivity index (χ4n) is 2.22. The van der Waals surface area contributed by atoms with Crippen molar-refractivity contribution in [1.29, 1.82) is 0 Å². The first-order valence-electron chi connectivity index (χ1n) is 7.28. The van der Waals surface area contributed by atoms with Crippen LogP contribution in [0.2, 0.25) is 0 Å². The Bertz CT molecular complexity index is 883. The summed E-state index contributed by atoms with van der Waals surface area (Å²) in [7, 11) is 0. The molecular formula is C19H12FNO2S2. The molecule has 2 aromatic carbocycles. The molecule has 6 heteroatoms. The van der Waals surface area contributed by atoms with Crippen LogP contribution in [0.1, 0.15) is 5.56 Å². The lowest BCUT2D eigenvalue weighted by Gasteiger charge is -2.14. The second-order valence-electron chi connectivity index (χ2n) is 5.06. The van der Waals surface area contributed by atoms with E-state index in [9.17, 15) is 9.18 Å². The number of halogens is 1. The quantitative estimate of drug-likeness (QED) is 0.458. The first-order valence-corrected chi connectivity index (χ1v) is 8.51. The van der Waals surface area contributed by atoms with E-state index in [1.165, 1.54) is 40.9 Å². The van der Waals surface area contributed by atoms with Crippen LogP contribution >= 0.6 is 24.0 Å². The minimum atomic E-state index is -0.364. The molecule has 0 aromatic heterocycles. The number of thioether (sulfide) groups is 1. The van der Waals surface area contributed by atoms with E-state index in [1.807, 2.05) is 12.1 Å². The molecular weight excluding hydrogens is 357 g/mol. The normalized spacial score (nSPS) is 15.5. The molecule has 2 aromatic rings. The van der Waals surface area contributed by atoms with Gasteiger partial charge in [0.25, 0.3) is 5.91 Å². The summed E-state index contributed by atoms with van der Waals surface area (Å²) in [5.41, 5.74) is 1.39. The van der Waals surface area contributed by atoms with E-state index in [4.69, 9.17) is 23.4 Å². The second kappa shape index (κ2) is 7.51. The zero-order valence-corrected chi connectivity index (χ0v) is 14.6. The summed E-state index contributed by atoms with van der Waals surface area (Å²) < 4.78 is 18.8. The molecule has 1 saturated heterocycles. The topological polar surface area (TPSA) is 29.5 Å². The molecule has 1 heterocycles. The van der Waals surface area contributed by atoms with E-state index in [1.54, 1.807) is 18.2 Å². The molecule has 0 saturated carbocycles. The molecule has 0 spiro atoms. The van der Waals surface area contributed by atoms with Crippen molar-refractivity contribution in [2.45, 2.75) is 0 Å². The van der Waals surface area contributed by atoms with Gasteiger partial charge in [0.2, 0.25) is 0 Å². The lowest BCUT2D eigenvalue weighted by molar-refractivity contribution is -0.113. The molecule has 124 valence electrons. The number of thiocarbonyl (C=S) groups is 1. The lowest BCUT2D eigenvalue weighted by atomic mass is 10.2. The minimum absolute atomic E-state index is 0.204. The molecule has 1 amide bonds. The number of nitrogens with zero attached hydrogens (tertiary/aromatic N) is 1. The van der Waals surface area contributed by atoms with Crippen molar-refractivity contribution < 1.29 is 13.9 Å². The summed E-state index contributed by atoms with van der Waals surface area (Å²) in [5, 5.41) is 0. The smallest absolute Gasteiger partial charge is 0.270 e. The van der Waals surface area contributed by atoms with Gasteiger partial charge in [0.15, 0.2) is 4.32 Å². The van der Waals surface area contributed by atoms with Crippen molar-refractivity contribution >= 4 is 46.0 Å². The van der Waals surface area contributed by atoms with Gasteiger partial charge in [-0.2, -0.15) is 0 Å². The average molecular weight is 369 g/mol. The molecule has 0 unspecified atom stereocenters. The Morgan fingerprint density at radius 3 is 2.52 bits per heavy atom. The van der Waals surface area contributed by atoms with E-state index >= 15 is 0 Å². The lowest BCUT2D eigenvalue weighted by Crippen LogP contribution is -2.27. The molecule has 1 fully saturated rings. The van der Waals surface area contributed by atoms with Crippen LogP contribution in [0, 0.1) is 18.2 Å². The summed E-state index contributed by atoms with van der Waals surface area (Å²) in [4.78, 5) is 14.5. The Hall–Kier alpha value is -2.62. The van der Waals surface area contributed by atoms with E-state index in [-0.39, 0.29) is 18.3 Å². The van der Waals surface area contributed by atoms with E-state index in [2.05, 4.69) is 5.92 Å². The highest BCUT2D eigenvalue weighted by atomic mass is 32.2. The first-order chi connectivity index (χ1) is 12.1. The van der Waals surface area contributed by atoms with Gasteiger partial charge in [-0.25, -0.2) is 4.39 Å². The minimum Gasteiger partial charge on any atom is -0.481 e. The fraction of sp³-hybridized carbons (Fsp3) is 0.0526. The van der Waals surface area contributed by atoms with Gasteiger partial charge in [0.1, 0.15) is 18.2 Å². The maximum Gasteiger partial charge on any atom is 0.270 e. The Balaban J connectivity index is 1.80. The van der Waals surface area contributed by atoms with Crippen LogP contribution < -0.4 is 9.64 Å². The van der Waals surface area contributed by atoms with Crippen molar-refractivity contribution in [3.05, 3.63) is 64.8 Å². The second-order valence-corrected chi connectivity index (χ2v) is 6.73. The van der Waals surface area contributed by atoms with Gasteiger partial charge in [0, 0.05) is 0 Å². The third-order valence-corrected chi connectivity index (χ3v) is 4.68. The number of amides is 1. The summed E-state index contributed by atoms with van der Waals surface area (Å²) in [6, 6.07) is 12.9. The number of ether oxygens (including phenoxy) is 1. The number of carbonyl (C=O) groups is 1. The number of hydrogen-bond donors (Lipinski definition) is 0. The zero-order chi connectivity index (χ0) is 17.8. The van der Waals surface area contributed by atoms with Gasteiger partial charge in [-0.1, -0.05) is 42.0 Å². The first kappa shape index (κ1) is 17.2. The summed E-state index contributed by atoms with van der Waals surface area (Å²) in [6.07, 6.45) is 6.91. The number of hydrogen-bond acceptors (Lipinski definition) is 4. The van der Waals surface area contributed by atoms with E-state index in [0.29, 0.717) is 20.7 Å². The highest BCUT2D eigenvalue weighted by Crippen LogP contribution is 2.36. The van der Waals surface area contributed by atoms with Gasteiger partial charge < -0.3 is 4.74 Å². The zero-order valence-electron chi connectivity index (χ0n) is 12.9. The van der Waals surface area contributed by atoms with Crippen LogP contribution in [-0.4, -0.2) is 16.8 Å². The third-order valence-electron chi connectivity index (χ3n) is 3.38. The van der Waals surface area contributed by atoms with Crippen LogP contribution in [0.5, 0.6) is 5.75 Å². The number of terminal acetylenes is 1. The Labute approximate surface area is 154 Å². The summed E-state index contributed by atoms with van der Waals surface area (Å²) in [5.74, 6) is 2.47. The van der Waals surface area contributed by atoms with Crippen molar-refractivity contribution in [2.24, 2.45) is 0 Å². The maximum atomic E-state index is 13.1. The van der Waals surface area contributed by atoms with Crippen LogP contribution in [0.15, 0.2) is 53.4 Å². The number of benzene rings is 2. The van der Waals surface area contributed by atoms with Crippen LogP contribution in [-0.2, 0) is 4.79 Å². The summed E-state index contributed by atoms with van der Waals surface area (Å²) >= 11 is 6.50. The Kier molecular flexibility index (Phi) is 5.17. The molecule has 25 heavy (non-hydrogen) atoms. The molecule has 0 aliphatic carbocycles. The SMILES string of the molecule is C#CCOc1ccc(C=C2SC(=S)N(c3ccc(F)cc3)C2=O)cc1. The standard InChI is InChI=1S/C19H12FNO2S2/c1-2-11-23-16-9-3-13(4-10-16)12-17-18(22)21(19(24)25-17)15-7-5-14(20)6-8-15/h1,3-10,12H,11H2. The molecule has 1 aliphatic rings. The number of anilines is 1. The van der Waals surface area contributed by atoms with Gasteiger partial charge >= 0.3 is 0 Å². The molecule has 3 nitrogen and oxygen atoms in total. The van der Waals surface area contributed by atoms with Crippen molar-refractivity contribution in [2.75, 3.05) is 11.5 Å². The maximum absolute atomic E-state index is 13.1. The number of rotatable bonds is 4. The van der Waals surface area contributed by atoms with Crippen LogP contribution in [0.3, 0.4) is 0 Å². The highest BCUT2D eigenvalue weighted by molar-refractivity contribution is 8.27. The van der Waals surface area contributed by atoms with Gasteiger partial charge in [-0.15, -0.1) is 6.42 Å². The monoisotopic (exact) mass is 369 g/mol. The summed E-state index contributed by atoms with van der Waals surface area (Å²) in [6.45, 7) is 0.204. The van der Waals surface area contributed by atoms with Gasteiger partial charge in [-0.05, 0) is 48.0 Å². The highest BCUT2D eigenvalue weighted by Gasteiger charge is 2.33. The number of carbonyl (C=O) groups excluding carboxylic acids is 1. The predicted octanol–water partition coefficient (Wildman–Crippen LogP) is 4.24. The third kappa shape index (κ3) is 3.90. The van der Waals surface area contributed by atoms with Crippen molar-refractivity contribution in [3.63, 3.8) is 0 Å². The molecule has 0 N–H and O–H groups in total. The van der Waals surface area contributed by atoms with Crippen molar-refractivity contribution in [1.82, 2.24) is 0 Å². The average Bonchev–Trinajstić information content (AvgIpc) is 2.89. The van der Waals surface area contributed by atoms with E-state index < -0.39 is 0 Å². The predicted molar refractivity (Wildman–Crippen MR) is 103 cm³/mol. The Morgan fingerprint density at radius 1 is 1.20 bits per heavy atom. The fourth-order valence-corrected chi connectivity index (χ4v) is 3.52. The molecule has 0 radical (unpaired) electrons. The van der Waals surface area contributed by atoms with Crippen molar-refractivity contribution in [3.8, 4) is 18.1 Å². The molecule has 0 atom stereocenters. The Morgan fingerprint density at radius 2 is 1.88 bits per heavy atom. The molecule has 0 bridgehead atoms. The van der Waals surface area contributed by atoms with Gasteiger partial charge in [-0.3, -0.25) is 9.69 Å². The molecule has 1 aliphatic heterocycles. The van der Waals surface area contributed by atoms with Crippen LogP contribution in [0.4, 0.5) is 10.1 Å². The molecule has 3 rings (SSSR count).